The van der Waals surface area contributed by atoms with Crippen molar-refractivity contribution >= 4 is 5.91 Å². The van der Waals surface area contributed by atoms with Crippen molar-refractivity contribution in [2.24, 2.45) is 0 Å². The van der Waals surface area contributed by atoms with Crippen LogP contribution in [0.15, 0.2) is 48.5 Å². The molecule has 3 atom stereocenters. The van der Waals surface area contributed by atoms with Gasteiger partial charge in [0.15, 0.2) is 0 Å². The molecule has 6 heteroatoms. The Morgan fingerprint density at radius 1 is 1.10 bits per heavy atom. The third-order valence-corrected chi connectivity index (χ3v) is 5.55. The molecule has 0 aromatic heterocycles. The van der Waals surface area contributed by atoms with E-state index in [0.29, 0.717) is 19.6 Å². The summed E-state index contributed by atoms with van der Waals surface area (Å²) in [5, 5.41) is 13.1. The molecule has 0 saturated carbocycles. The van der Waals surface area contributed by atoms with Crippen molar-refractivity contribution in [3.8, 4) is 11.1 Å². The minimum Gasteiger partial charge on any atom is -0.395 e. The minimum absolute atomic E-state index is 0.0253. The molecule has 3 rings (SSSR count). The highest BCUT2D eigenvalue weighted by Gasteiger charge is 2.42. The van der Waals surface area contributed by atoms with Crippen molar-refractivity contribution in [1.82, 2.24) is 15.1 Å². The van der Waals surface area contributed by atoms with Crippen LogP contribution in [0, 0.1) is 5.82 Å². The smallest absolute Gasteiger partial charge is 0.236 e. The number of carbonyl (C=O) groups excluding carboxylic acids is 1. The highest BCUT2D eigenvalue weighted by molar-refractivity contribution is 5.78. The molecule has 1 fully saturated rings. The minimum atomic E-state index is -0.253. The van der Waals surface area contributed by atoms with Crippen LogP contribution in [0.4, 0.5) is 4.39 Å². The van der Waals surface area contributed by atoms with Gasteiger partial charge in [0.2, 0.25) is 5.91 Å². The molecule has 0 spiro atoms. The average molecular weight is 400 g/mol. The number of amides is 1. The second-order valence-corrected chi connectivity index (χ2v) is 7.89. The summed E-state index contributed by atoms with van der Waals surface area (Å²) in [7, 11) is 3.77. The van der Waals surface area contributed by atoms with Crippen LogP contribution in [0.25, 0.3) is 11.1 Å². The van der Waals surface area contributed by atoms with Gasteiger partial charge in [0.1, 0.15) is 5.82 Å². The Morgan fingerprint density at radius 2 is 1.83 bits per heavy atom. The van der Waals surface area contributed by atoms with Crippen LogP contribution in [0.2, 0.25) is 0 Å². The Labute approximate surface area is 172 Å². The summed E-state index contributed by atoms with van der Waals surface area (Å²) in [5.41, 5.74) is 2.91. The van der Waals surface area contributed by atoms with E-state index in [2.05, 4.69) is 5.32 Å². The van der Waals surface area contributed by atoms with Crippen molar-refractivity contribution in [2.45, 2.75) is 24.9 Å². The van der Waals surface area contributed by atoms with Gasteiger partial charge in [-0.25, -0.2) is 4.39 Å². The number of carbonyl (C=O) groups is 1. The zero-order valence-electron chi connectivity index (χ0n) is 17.3. The topological polar surface area (TPSA) is 55.8 Å². The van der Waals surface area contributed by atoms with Gasteiger partial charge in [0, 0.05) is 31.1 Å². The van der Waals surface area contributed by atoms with Crippen molar-refractivity contribution in [2.75, 3.05) is 40.3 Å². The number of hydrogen-bond donors (Lipinski definition) is 2. The predicted molar refractivity (Wildman–Crippen MR) is 113 cm³/mol. The highest BCUT2D eigenvalue weighted by atomic mass is 19.1. The third-order valence-electron chi connectivity index (χ3n) is 5.55. The quantitative estimate of drug-likeness (QED) is 0.715. The second kappa shape index (κ2) is 9.48. The summed E-state index contributed by atoms with van der Waals surface area (Å²) >= 11 is 0. The number of nitrogens with one attached hydrogen (secondary N) is 1. The van der Waals surface area contributed by atoms with E-state index in [-0.39, 0.29) is 36.3 Å². The maximum absolute atomic E-state index is 13.5. The van der Waals surface area contributed by atoms with Crippen LogP contribution in [0.5, 0.6) is 0 Å². The number of likely N-dealkylation sites (N-methyl/N-ethyl adjacent to an activating group) is 2. The van der Waals surface area contributed by atoms with Crippen molar-refractivity contribution in [3.63, 3.8) is 0 Å². The first kappa shape index (κ1) is 21.4. The molecule has 1 amide bonds. The number of rotatable bonds is 8. The van der Waals surface area contributed by atoms with Crippen molar-refractivity contribution in [1.29, 1.82) is 0 Å². The SMILES string of the molecule is CCN(C[C@H]1N[C@H](CO)[C@@H]1c1ccc(-c2cccc(F)c2)cc1)C(=O)CN(C)C. The van der Waals surface area contributed by atoms with Crippen LogP contribution in [0.3, 0.4) is 0 Å². The molecular weight excluding hydrogens is 369 g/mol. The van der Waals surface area contributed by atoms with E-state index in [1.807, 2.05) is 61.2 Å². The molecule has 0 unspecified atom stereocenters. The van der Waals surface area contributed by atoms with Gasteiger partial charge < -0.3 is 20.2 Å². The van der Waals surface area contributed by atoms with Crippen molar-refractivity contribution < 1.29 is 14.3 Å². The standard InChI is InChI=1S/C23H30FN3O2/c1-4-27(22(29)14-26(2)3)13-20-23(21(15-28)25-20)17-10-8-16(9-11-17)18-6-5-7-19(24)12-18/h5-12,20-21,23,25,28H,4,13-15H2,1-3H3/t20-,21-,23-/m1/s1. The van der Waals surface area contributed by atoms with Gasteiger partial charge in [-0.2, -0.15) is 0 Å². The lowest BCUT2D eigenvalue weighted by Crippen LogP contribution is -2.65. The molecule has 5 nitrogen and oxygen atoms in total. The summed E-state index contributed by atoms with van der Waals surface area (Å²) in [6, 6.07) is 14.7. The Hall–Kier alpha value is -2.28. The number of aliphatic hydroxyl groups excluding tert-OH is 1. The van der Waals surface area contributed by atoms with E-state index >= 15 is 0 Å². The summed E-state index contributed by atoms with van der Waals surface area (Å²) in [6.45, 7) is 3.68. The Balaban J connectivity index is 1.74. The first-order valence-corrected chi connectivity index (χ1v) is 10.1. The van der Waals surface area contributed by atoms with Crippen LogP contribution in [0.1, 0.15) is 18.4 Å². The molecule has 29 heavy (non-hydrogen) atoms. The summed E-state index contributed by atoms with van der Waals surface area (Å²) in [6.07, 6.45) is 0. The fourth-order valence-electron chi connectivity index (χ4n) is 4.02. The first-order valence-electron chi connectivity index (χ1n) is 10.1. The van der Waals surface area contributed by atoms with Crippen LogP contribution >= 0.6 is 0 Å². The molecule has 156 valence electrons. The maximum atomic E-state index is 13.5. The number of nitrogens with zero attached hydrogens (tertiary/aromatic N) is 2. The normalized spacial score (nSPS) is 21.1. The molecule has 1 heterocycles. The summed E-state index contributed by atoms with van der Waals surface area (Å²) in [4.78, 5) is 16.2. The van der Waals surface area contributed by atoms with Gasteiger partial charge in [-0.3, -0.25) is 4.79 Å². The van der Waals surface area contributed by atoms with Gasteiger partial charge >= 0.3 is 0 Å². The fraction of sp³-hybridized carbons (Fsp3) is 0.435. The number of aliphatic hydroxyl groups is 1. The molecule has 1 aliphatic heterocycles. The second-order valence-electron chi connectivity index (χ2n) is 7.89. The first-order chi connectivity index (χ1) is 13.9. The largest absolute Gasteiger partial charge is 0.395 e. The highest BCUT2D eigenvalue weighted by Crippen LogP contribution is 2.34. The lowest BCUT2D eigenvalue weighted by Gasteiger charge is -2.47. The van der Waals surface area contributed by atoms with Gasteiger partial charge in [0.25, 0.3) is 0 Å². The van der Waals surface area contributed by atoms with Gasteiger partial charge in [-0.1, -0.05) is 36.4 Å². The van der Waals surface area contributed by atoms with E-state index in [1.54, 1.807) is 6.07 Å². The average Bonchev–Trinajstić information content (AvgIpc) is 2.67. The lowest BCUT2D eigenvalue weighted by molar-refractivity contribution is -0.132. The van der Waals surface area contributed by atoms with Gasteiger partial charge in [0.05, 0.1) is 13.2 Å². The zero-order valence-corrected chi connectivity index (χ0v) is 17.3. The van der Waals surface area contributed by atoms with E-state index in [1.165, 1.54) is 12.1 Å². The Kier molecular flexibility index (Phi) is 7.00. The number of halogens is 1. The van der Waals surface area contributed by atoms with Crippen LogP contribution in [-0.4, -0.2) is 73.2 Å². The monoisotopic (exact) mass is 399 g/mol. The van der Waals surface area contributed by atoms with Gasteiger partial charge in [-0.15, -0.1) is 0 Å². The van der Waals surface area contributed by atoms with Crippen LogP contribution < -0.4 is 5.32 Å². The molecule has 0 aliphatic carbocycles. The van der Waals surface area contributed by atoms with E-state index in [4.69, 9.17) is 0 Å². The molecule has 0 radical (unpaired) electrons. The summed E-state index contributed by atoms with van der Waals surface area (Å²) in [5.74, 6) is -0.0213. The number of benzene rings is 2. The van der Waals surface area contributed by atoms with E-state index in [0.717, 1.165) is 16.7 Å². The molecule has 2 N–H and O–H groups in total. The Bertz CT molecular complexity index is 825. The van der Waals surface area contributed by atoms with E-state index < -0.39 is 0 Å². The zero-order chi connectivity index (χ0) is 21.0. The fourth-order valence-corrected chi connectivity index (χ4v) is 4.02. The predicted octanol–water partition coefficient (Wildman–Crippen LogP) is 2.32. The third kappa shape index (κ3) is 5.01. The van der Waals surface area contributed by atoms with E-state index in [9.17, 15) is 14.3 Å². The molecule has 2 aromatic rings. The van der Waals surface area contributed by atoms with Crippen molar-refractivity contribution in [3.05, 3.63) is 59.9 Å². The molecule has 0 bridgehead atoms. The Morgan fingerprint density at radius 3 is 2.41 bits per heavy atom. The lowest BCUT2D eigenvalue weighted by atomic mass is 9.77. The molecular formula is C23H30FN3O2. The molecule has 2 aromatic carbocycles. The maximum Gasteiger partial charge on any atom is 0.236 e. The van der Waals surface area contributed by atoms with Crippen LogP contribution in [-0.2, 0) is 4.79 Å². The van der Waals surface area contributed by atoms with Gasteiger partial charge in [-0.05, 0) is 49.8 Å². The number of hydrogen-bond acceptors (Lipinski definition) is 4. The molecule has 1 saturated heterocycles. The molecule has 1 aliphatic rings. The summed E-state index contributed by atoms with van der Waals surface area (Å²) < 4.78 is 13.5.